The molecule has 0 aliphatic carbocycles. The van der Waals surface area contributed by atoms with E-state index in [1.165, 1.54) is 12.8 Å². The predicted molar refractivity (Wildman–Crippen MR) is 57.2 cm³/mol. The van der Waals surface area contributed by atoms with Gasteiger partial charge in [-0.1, -0.05) is 19.8 Å². The summed E-state index contributed by atoms with van der Waals surface area (Å²) >= 11 is 0. The highest BCUT2D eigenvalue weighted by molar-refractivity contribution is 5.40. The number of hydrogen-bond donors (Lipinski definition) is 0. The molecule has 3 nitrogen and oxygen atoms in total. The van der Waals surface area contributed by atoms with Gasteiger partial charge >= 0.3 is 0 Å². The molecule has 0 atom stereocenters. The molecule has 0 heterocycles. The lowest BCUT2D eigenvalue weighted by Gasteiger charge is -2.09. The van der Waals surface area contributed by atoms with Crippen molar-refractivity contribution >= 4 is 6.01 Å². The Hall–Kier alpha value is -0.820. The van der Waals surface area contributed by atoms with Crippen molar-refractivity contribution in [3.8, 4) is 0 Å². The van der Waals surface area contributed by atoms with Crippen molar-refractivity contribution in [1.29, 1.82) is 0 Å². The van der Waals surface area contributed by atoms with Crippen LogP contribution in [0, 0.1) is 0 Å². The minimum Gasteiger partial charge on any atom is -0.288 e. The standard InChI is InChI=1S/C10H21N3/c1-4-7-8-9-11-10-12-13(5-2)6-3/h4-9H2,1-3H3. The third-order valence-corrected chi connectivity index (χ3v) is 1.86. The number of nitrogens with zero attached hydrogens (tertiary/aromatic N) is 3. The molecule has 0 bridgehead atoms. The van der Waals surface area contributed by atoms with Gasteiger partial charge in [-0.2, -0.15) is 0 Å². The van der Waals surface area contributed by atoms with E-state index >= 15 is 0 Å². The van der Waals surface area contributed by atoms with Crippen molar-refractivity contribution in [2.75, 3.05) is 19.6 Å². The Kier molecular flexibility index (Phi) is 8.68. The zero-order valence-corrected chi connectivity index (χ0v) is 9.08. The zero-order chi connectivity index (χ0) is 9.94. The van der Waals surface area contributed by atoms with Crippen LogP contribution in [-0.2, 0) is 0 Å². The molecule has 13 heavy (non-hydrogen) atoms. The first-order chi connectivity index (χ1) is 6.35. The van der Waals surface area contributed by atoms with E-state index in [1.54, 1.807) is 0 Å². The Morgan fingerprint density at radius 3 is 2.31 bits per heavy atom. The molecule has 0 aliphatic heterocycles. The molecular weight excluding hydrogens is 162 g/mol. The maximum Gasteiger partial charge on any atom is 0.114 e. The smallest absolute Gasteiger partial charge is 0.114 e. The monoisotopic (exact) mass is 183 g/mol. The first kappa shape index (κ1) is 12.2. The molecule has 3 heteroatoms. The summed E-state index contributed by atoms with van der Waals surface area (Å²) in [5.41, 5.74) is 0. The Morgan fingerprint density at radius 2 is 1.77 bits per heavy atom. The van der Waals surface area contributed by atoms with Gasteiger partial charge in [0.15, 0.2) is 0 Å². The highest BCUT2D eigenvalue weighted by atomic mass is 15.4. The third-order valence-electron chi connectivity index (χ3n) is 1.86. The second-order valence-corrected chi connectivity index (χ2v) is 2.93. The summed E-state index contributed by atoms with van der Waals surface area (Å²) in [6.07, 6.45) is 3.64. The number of rotatable bonds is 7. The minimum atomic E-state index is 0.860. The second-order valence-electron chi connectivity index (χ2n) is 2.93. The molecule has 0 aromatic heterocycles. The van der Waals surface area contributed by atoms with E-state index in [0.717, 1.165) is 26.1 Å². The fourth-order valence-corrected chi connectivity index (χ4v) is 0.951. The lowest BCUT2D eigenvalue weighted by atomic mass is 10.3. The van der Waals surface area contributed by atoms with Gasteiger partial charge in [0.2, 0.25) is 0 Å². The topological polar surface area (TPSA) is 28.0 Å². The van der Waals surface area contributed by atoms with Gasteiger partial charge in [-0.25, -0.2) is 4.99 Å². The van der Waals surface area contributed by atoms with Crippen LogP contribution in [0.1, 0.15) is 40.0 Å². The van der Waals surface area contributed by atoms with Gasteiger partial charge < -0.3 is 0 Å². The first-order valence-electron chi connectivity index (χ1n) is 5.22. The van der Waals surface area contributed by atoms with Crippen molar-refractivity contribution in [1.82, 2.24) is 5.01 Å². The molecule has 0 spiro atoms. The van der Waals surface area contributed by atoms with Gasteiger partial charge in [0.05, 0.1) is 0 Å². The van der Waals surface area contributed by atoms with Crippen molar-refractivity contribution < 1.29 is 0 Å². The molecule has 0 aromatic rings. The molecule has 0 saturated heterocycles. The van der Waals surface area contributed by atoms with Crippen LogP contribution in [-0.4, -0.2) is 30.7 Å². The van der Waals surface area contributed by atoms with E-state index in [4.69, 9.17) is 0 Å². The summed E-state index contributed by atoms with van der Waals surface area (Å²) in [7, 11) is 0. The van der Waals surface area contributed by atoms with Crippen LogP contribution in [0.2, 0.25) is 0 Å². The predicted octanol–water partition coefficient (Wildman–Crippen LogP) is 2.61. The molecule has 76 valence electrons. The van der Waals surface area contributed by atoms with Gasteiger partial charge in [-0.3, -0.25) is 5.01 Å². The van der Waals surface area contributed by atoms with Crippen LogP contribution in [0.25, 0.3) is 0 Å². The second kappa shape index (κ2) is 9.27. The molecule has 0 unspecified atom stereocenters. The van der Waals surface area contributed by atoms with E-state index in [-0.39, 0.29) is 0 Å². The van der Waals surface area contributed by atoms with Crippen LogP contribution < -0.4 is 0 Å². The van der Waals surface area contributed by atoms with E-state index < -0.39 is 0 Å². The Labute approximate surface area is 81.5 Å². The summed E-state index contributed by atoms with van der Waals surface area (Å²) in [4.78, 5) is 4.09. The molecule has 0 radical (unpaired) electrons. The van der Waals surface area contributed by atoms with Crippen LogP contribution in [0.15, 0.2) is 10.1 Å². The van der Waals surface area contributed by atoms with Gasteiger partial charge in [-0.15, -0.1) is 5.10 Å². The molecule has 0 aromatic carbocycles. The van der Waals surface area contributed by atoms with Crippen LogP contribution in [0.5, 0.6) is 0 Å². The van der Waals surface area contributed by atoms with E-state index in [0.29, 0.717) is 0 Å². The zero-order valence-electron chi connectivity index (χ0n) is 9.08. The Morgan fingerprint density at radius 1 is 1.08 bits per heavy atom. The van der Waals surface area contributed by atoms with Crippen molar-refractivity contribution in [2.24, 2.45) is 10.1 Å². The number of hydrazone groups is 1. The van der Waals surface area contributed by atoms with Gasteiger partial charge in [0, 0.05) is 19.6 Å². The summed E-state index contributed by atoms with van der Waals surface area (Å²) in [5.74, 6) is 0. The maximum atomic E-state index is 4.09. The number of unbranched alkanes of at least 4 members (excludes halogenated alkanes) is 2. The molecule has 0 amide bonds. The van der Waals surface area contributed by atoms with Crippen molar-refractivity contribution in [3.05, 3.63) is 0 Å². The Bertz CT molecular complexity index is 156. The lowest BCUT2D eigenvalue weighted by molar-refractivity contribution is 0.323. The maximum absolute atomic E-state index is 4.09. The minimum absolute atomic E-state index is 0.860. The number of hydrogen-bond acceptors (Lipinski definition) is 3. The van der Waals surface area contributed by atoms with Gasteiger partial charge in [0.25, 0.3) is 0 Å². The van der Waals surface area contributed by atoms with Gasteiger partial charge in [0.1, 0.15) is 6.01 Å². The highest BCUT2D eigenvalue weighted by Gasteiger charge is 1.88. The average molecular weight is 183 g/mol. The summed E-state index contributed by atoms with van der Waals surface area (Å²) in [5, 5.41) is 6.01. The molecule has 0 aliphatic rings. The average Bonchev–Trinajstić information content (AvgIpc) is 2.17. The molecule has 0 rings (SSSR count). The van der Waals surface area contributed by atoms with E-state index in [2.05, 4.69) is 36.9 Å². The van der Waals surface area contributed by atoms with Crippen LogP contribution in [0.3, 0.4) is 0 Å². The number of aliphatic imine (C=N–C) groups is 1. The van der Waals surface area contributed by atoms with Crippen LogP contribution in [0.4, 0.5) is 0 Å². The van der Waals surface area contributed by atoms with E-state index in [9.17, 15) is 0 Å². The quantitative estimate of drug-likeness (QED) is 0.339. The summed E-state index contributed by atoms with van der Waals surface area (Å²) in [6, 6.07) is 2.72. The normalized spacial score (nSPS) is 9.15. The summed E-state index contributed by atoms with van der Waals surface area (Å²) < 4.78 is 0. The van der Waals surface area contributed by atoms with Crippen molar-refractivity contribution in [3.63, 3.8) is 0 Å². The fraction of sp³-hybridized carbons (Fsp3) is 0.900. The Balaban J connectivity index is 3.55. The highest BCUT2D eigenvalue weighted by Crippen LogP contribution is 1.92. The van der Waals surface area contributed by atoms with E-state index in [1.807, 2.05) is 5.01 Å². The molecule has 0 N–H and O–H groups in total. The van der Waals surface area contributed by atoms with Gasteiger partial charge in [-0.05, 0) is 20.3 Å². The molecular formula is C10H21N3. The molecule has 0 saturated carbocycles. The van der Waals surface area contributed by atoms with Crippen LogP contribution >= 0.6 is 0 Å². The lowest BCUT2D eigenvalue weighted by Crippen LogP contribution is -2.14. The summed E-state index contributed by atoms with van der Waals surface area (Å²) in [6.45, 7) is 9.05. The third kappa shape index (κ3) is 7.54. The largest absolute Gasteiger partial charge is 0.288 e. The van der Waals surface area contributed by atoms with Crippen molar-refractivity contribution in [2.45, 2.75) is 40.0 Å². The SMILES string of the molecule is CCCCCN=C=NN(CC)CC. The molecule has 0 fully saturated rings. The fourth-order valence-electron chi connectivity index (χ4n) is 0.951. The first-order valence-corrected chi connectivity index (χ1v) is 5.22.